The van der Waals surface area contributed by atoms with E-state index in [2.05, 4.69) is 25.1 Å². The van der Waals surface area contributed by atoms with Crippen molar-refractivity contribution >= 4 is 11.8 Å². The smallest absolute Gasteiger partial charge is 0.251 e. The summed E-state index contributed by atoms with van der Waals surface area (Å²) in [6.07, 6.45) is 3.14. The van der Waals surface area contributed by atoms with Crippen LogP contribution in [0.4, 0.5) is 0 Å². The maximum absolute atomic E-state index is 11.4. The summed E-state index contributed by atoms with van der Waals surface area (Å²) in [6, 6.07) is 1.53. The second kappa shape index (κ2) is 5.16. The van der Waals surface area contributed by atoms with Crippen molar-refractivity contribution in [2.75, 3.05) is 0 Å². The predicted octanol–water partition coefficient (Wildman–Crippen LogP) is 1.62. The molecular formula is C12H15N5OS. The Labute approximate surface area is 114 Å². The first kappa shape index (κ1) is 12.4. The summed E-state index contributed by atoms with van der Waals surface area (Å²) in [5, 5.41) is 7.77. The Balaban J connectivity index is 1.67. The summed E-state index contributed by atoms with van der Waals surface area (Å²) in [4.78, 5) is 23.0. The van der Waals surface area contributed by atoms with E-state index >= 15 is 0 Å². The summed E-state index contributed by atoms with van der Waals surface area (Å²) in [5.74, 6) is 2.93. The monoisotopic (exact) mass is 277 g/mol. The fourth-order valence-corrected chi connectivity index (χ4v) is 2.53. The van der Waals surface area contributed by atoms with Gasteiger partial charge >= 0.3 is 0 Å². The highest BCUT2D eigenvalue weighted by Crippen LogP contribution is 2.37. The number of nitrogens with zero attached hydrogens (tertiary/aromatic N) is 3. The van der Waals surface area contributed by atoms with Crippen molar-refractivity contribution in [1.29, 1.82) is 0 Å². The molecule has 0 atom stereocenters. The number of aromatic nitrogens is 5. The molecule has 0 aromatic carbocycles. The van der Waals surface area contributed by atoms with Crippen LogP contribution in [0.3, 0.4) is 0 Å². The highest BCUT2D eigenvalue weighted by Gasteiger charge is 2.27. The molecule has 0 saturated heterocycles. The van der Waals surface area contributed by atoms with Crippen LogP contribution in [0.1, 0.15) is 43.0 Å². The van der Waals surface area contributed by atoms with E-state index in [1.165, 1.54) is 30.7 Å². The molecule has 0 spiro atoms. The third kappa shape index (κ3) is 3.04. The number of nitrogens with one attached hydrogen (secondary N) is 2. The van der Waals surface area contributed by atoms with Crippen LogP contribution < -0.4 is 5.56 Å². The summed E-state index contributed by atoms with van der Waals surface area (Å²) < 4.78 is 0. The number of thioether (sulfide) groups is 1. The third-order valence-electron chi connectivity index (χ3n) is 2.97. The average Bonchev–Trinajstić information content (AvgIpc) is 3.15. The molecular weight excluding hydrogens is 262 g/mol. The first-order chi connectivity index (χ1) is 9.24. The van der Waals surface area contributed by atoms with Gasteiger partial charge in [0.15, 0.2) is 11.0 Å². The number of aromatic amines is 2. The summed E-state index contributed by atoms with van der Waals surface area (Å²) in [6.45, 7) is 1.98. The molecule has 100 valence electrons. The highest BCUT2D eigenvalue weighted by atomic mass is 32.2. The quantitative estimate of drug-likeness (QED) is 0.640. The van der Waals surface area contributed by atoms with E-state index in [4.69, 9.17) is 0 Å². The highest BCUT2D eigenvalue weighted by molar-refractivity contribution is 7.98. The molecule has 3 rings (SSSR count). The van der Waals surface area contributed by atoms with E-state index in [-0.39, 0.29) is 5.56 Å². The van der Waals surface area contributed by atoms with E-state index in [0.29, 0.717) is 16.8 Å². The van der Waals surface area contributed by atoms with E-state index < -0.39 is 0 Å². The third-order valence-corrected chi connectivity index (χ3v) is 3.86. The lowest BCUT2D eigenvalue weighted by atomic mass is 10.3. The zero-order valence-electron chi connectivity index (χ0n) is 10.6. The molecule has 2 aromatic rings. The van der Waals surface area contributed by atoms with Crippen molar-refractivity contribution in [3.05, 3.63) is 33.8 Å². The van der Waals surface area contributed by atoms with Gasteiger partial charge in [0.25, 0.3) is 5.56 Å². The molecule has 0 unspecified atom stereocenters. The molecule has 0 radical (unpaired) electrons. The minimum Gasteiger partial charge on any atom is -0.301 e. The largest absolute Gasteiger partial charge is 0.301 e. The van der Waals surface area contributed by atoms with Gasteiger partial charge in [0.2, 0.25) is 0 Å². The van der Waals surface area contributed by atoms with Crippen molar-refractivity contribution in [3.8, 4) is 0 Å². The van der Waals surface area contributed by atoms with Gasteiger partial charge < -0.3 is 4.98 Å². The van der Waals surface area contributed by atoms with E-state index in [1.807, 2.05) is 6.92 Å². The second-order valence-electron chi connectivity index (χ2n) is 4.60. The molecule has 0 amide bonds. The molecule has 0 bridgehead atoms. The Morgan fingerprint density at radius 3 is 3.00 bits per heavy atom. The Morgan fingerprint density at radius 1 is 1.42 bits per heavy atom. The van der Waals surface area contributed by atoms with Gasteiger partial charge in [-0.3, -0.25) is 9.89 Å². The summed E-state index contributed by atoms with van der Waals surface area (Å²) in [7, 11) is 0. The fourth-order valence-electron chi connectivity index (χ4n) is 1.77. The number of hydrogen-bond donors (Lipinski definition) is 2. The minimum atomic E-state index is -0.106. The molecule has 1 saturated carbocycles. The van der Waals surface area contributed by atoms with Crippen LogP contribution in [-0.4, -0.2) is 25.1 Å². The lowest BCUT2D eigenvalue weighted by molar-refractivity contribution is 0.867. The molecule has 1 aliphatic rings. The molecule has 1 fully saturated rings. The van der Waals surface area contributed by atoms with Crippen LogP contribution in [0.15, 0.2) is 16.0 Å². The zero-order valence-corrected chi connectivity index (χ0v) is 11.5. The first-order valence-corrected chi connectivity index (χ1v) is 7.37. The van der Waals surface area contributed by atoms with Gasteiger partial charge in [0, 0.05) is 17.7 Å². The van der Waals surface area contributed by atoms with Gasteiger partial charge in [-0.25, -0.2) is 9.97 Å². The summed E-state index contributed by atoms with van der Waals surface area (Å²) >= 11 is 1.46. The van der Waals surface area contributed by atoms with Crippen molar-refractivity contribution in [3.63, 3.8) is 0 Å². The van der Waals surface area contributed by atoms with Crippen LogP contribution in [0.5, 0.6) is 0 Å². The molecule has 0 aliphatic heterocycles. The van der Waals surface area contributed by atoms with Crippen molar-refractivity contribution in [2.45, 2.75) is 43.0 Å². The number of H-pyrrole nitrogens is 2. The SMILES string of the molecule is CCc1cc(=O)[nH]c(SCc2nc(C3CC3)n[nH]2)n1. The van der Waals surface area contributed by atoms with E-state index in [1.54, 1.807) is 0 Å². The molecule has 19 heavy (non-hydrogen) atoms. The maximum Gasteiger partial charge on any atom is 0.251 e. The van der Waals surface area contributed by atoms with Gasteiger partial charge in [-0.05, 0) is 19.3 Å². The molecule has 2 N–H and O–H groups in total. The Morgan fingerprint density at radius 2 is 2.26 bits per heavy atom. The Bertz CT molecular complexity index is 631. The normalized spacial score (nSPS) is 14.8. The topological polar surface area (TPSA) is 87.3 Å². The Kier molecular flexibility index (Phi) is 3.37. The standard InChI is InChI=1S/C12H15N5OS/c1-2-8-5-10(18)15-12(13-8)19-6-9-14-11(17-16-9)7-3-4-7/h5,7H,2-4,6H2,1H3,(H,13,15,18)(H,14,16,17). The number of rotatable bonds is 5. The van der Waals surface area contributed by atoms with Crippen LogP contribution in [0.2, 0.25) is 0 Å². The van der Waals surface area contributed by atoms with Gasteiger partial charge in [-0.15, -0.1) is 0 Å². The van der Waals surface area contributed by atoms with Gasteiger partial charge in [-0.1, -0.05) is 18.7 Å². The number of hydrogen-bond acceptors (Lipinski definition) is 5. The number of aryl methyl sites for hydroxylation is 1. The van der Waals surface area contributed by atoms with Gasteiger partial charge in [-0.2, -0.15) is 5.10 Å². The maximum atomic E-state index is 11.4. The van der Waals surface area contributed by atoms with Gasteiger partial charge in [0.05, 0.1) is 5.75 Å². The average molecular weight is 277 g/mol. The molecule has 6 nitrogen and oxygen atoms in total. The van der Waals surface area contributed by atoms with Crippen LogP contribution in [0, 0.1) is 0 Å². The fraction of sp³-hybridized carbons (Fsp3) is 0.500. The van der Waals surface area contributed by atoms with Crippen molar-refractivity contribution in [2.24, 2.45) is 0 Å². The van der Waals surface area contributed by atoms with E-state index in [0.717, 1.165) is 23.8 Å². The molecule has 2 aromatic heterocycles. The molecule has 1 aliphatic carbocycles. The molecule has 2 heterocycles. The van der Waals surface area contributed by atoms with Crippen molar-refractivity contribution < 1.29 is 0 Å². The van der Waals surface area contributed by atoms with Crippen LogP contribution in [0.25, 0.3) is 0 Å². The Hall–Kier alpha value is -1.63. The summed E-state index contributed by atoms with van der Waals surface area (Å²) in [5.41, 5.74) is 0.702. The minimum absolute atomic E-state index is 0.106. The molecule has 7 heteroatoms. The van der Waals surface area contributed by atoms with Crippen LogP contribution in [-0.2, 0) is 12.2 Å². The lowest BCUT2D eigenvalue weighted by Crippen LogP contribution is -2.09. The van der Waals surface area contributed by atoms with E-state index in [9.17, 15) is 4.79 Å². The van der Waals surface area contributed by atoms with Crippen molar-refractivity contribution in [1.82, 2.24) is 25.1 Å². The second-order valence-corrected chi connectivity index (χ2v) is 5.56. The first-order valence-electron chi connectivity index (χ1n) is 6.39. The van der Waals surface area contributed by atoms with Gasteiger partial charge in [0.1, 0.15) is 5.82 Å². The predicted molar refractivity (Wildman–Crippen MR) is 72.2 cm³/mol. The van der Waals surface area contributed by atoms with Crippen LogP contribution >= 0.6 is 11.8 Å². The zero-order chi connectivity index (χ0) is 13.2. The lowest BCUT2D eigenvalue weighted by Gasteiger charge is -2.00.